The van der Waals surface area contributed by atoms with Gasteiger partial charge in [0.1, 0.15) is 11.4 Å². The van der Waals surface area contributed by atoms with Crippen LogP contribution in [-0.4, -0.2) is 27.7 Å². The normalized spacial score (nSPS) is 11.8. The average Bonchev–Trinajstić information content (AvgIpc) is 2.48. The first-order chi connectivity index (χ1) is 10.5. The monoisotopic (exact) mass is 321 g/mol. The van der Waals surface area contributed by atoms with E-state index in [1.807, 2.05) is 0 Å². The highest BCUT2D eigenvalue weighted by atomic mass is 35.5. The lowest BCUT2D eigenvalue weighted by Crippen LogP contribution is -2.10. The third-order valence-corrected chi connectivity index (χ3v) is 3.07. The quantitative estimate of drug-likeness (QED) is 0.650. The van der Waals surface area contributed by atoms with Crippen LogP contribution in [0.2, 0.25) is 5.28 Å². The fourth-order valence-electron chi connectivity index (χ4n) is 1.83. The van der Waals surface area contributed by atoms with E-state index in [2.05, 4.69) is 15.3 Å². The van der Waals surface area contributed by atoms with Crippen molar-refractivity contribution in [1.29, 1.82) is 0 Å². The Kier molecular flexibility index (Phi) is 5.30. The van der Waals surface area contributed by atoms with E-state index in [0.29, 0.717) is 5.69 Å². The number of anilines is 2. The highest BCUT2D eigenvalue weighted by Gasteiger charge is 2.16. The third-order valence-electron chi connectivity index (χ3n) is 2.89. The molecule has 2 aromatic rings. The summed E-state index contributed by atoms with van der Waals surface area (Å²) in [6.07, 6.45) is 0.717. The lowest BCUT2D eigenvalue weighted by atomic mass is 10.1. The Morgan fingerprint density at radius 3 is 2.95 bits per heavy atom. The molecule has 1 atom stereocenters. The number of halogens is 1. The van der Waals surface area contributed by atoms with Crippen molar-refractivity contribution >= 4 is 29.1 Å². The summed E-state index contributed by atoms with van der Waals surface area (Å²) in [5.41, 5.74) is 1.59. The van der Waals surface area contributed by atoms with Gasteiger partial charge in [-0.1, -0.05) is 12.1 Å². The number of nitrogens with one attached hydrogen (secondary N) is 1. The summed E-state index contributed by atoms with van der Waals surface area (Å²) in [7, 11) is 0. The van der Waals surface area contributed by atoms with Crippen molar-refractivity contribution in [2.24, 2.45) is 0 Å². The number of benzene rings is 1. The second-order valence-electron chi connectivity index (χ2n) is 4.55. The van der Waals surface area contributed by atoms with Gasteiger partial charge in [0.25, 0.3) is 0 Å². The SMILES string of the molecule is CCOC(=O)c1cnc(Cl)nc1Nc1cccc(C(C)O)c1. The fourth-order valence-corrected chi connectivity index (χ4v) is 1.96. The molecular formula is C15H16ClN3O3. The predicted octanol–water partition coefficient (Wildman–Crippen LogP) is 3.10. The Morgan fingerprint density at radius 2 is 2.27 bits per heavy atom. The zero-order chi connectivity index (χ0) is 16.1. The van der Waals surface area contributed by atoms with Crippen LogP contribution in [0.1, 0.15) is 35.9 Å². The molecule has 0 aliphatic carbocycles. The minimum Gasteiger partial charge on any atom is -0.462 e. The second-order valence-corrected chi connectivity index (χ2v) is 4.89. The Balaban J connectivity index is 2.34. The minimum atomic E-state index is -0.597. The molecular weight excluding hydrogens is 306 g/mol. The maximum atomic E-state index is 11.9. The summed E-state index contributed by atoms with van der Waals surface area (Å²) in [5, 5.41) is 12.6. The number of carbonyl (C=O) groups excluding carboxylic acids is 1. The molecule has 0 aliphatic rings. The van der Waals surface area contributed by atoms with Crippen LogP contribution in [-0.2, 0) is 4.74 Å². The molecule has 0 fully saturated rings. The van der Waals surface area contributed by atoms with Gasteiger partial charge in [0.15, 0.2) is 0 Å². The molecule has 0 bridgehead atoms. The smallest absolute Gasteiger partial charge is 0.343 e. The van der Waals surface area contributed by atoms with Crippen LogP contribution >= 0.6 is 11.6 Å². The molecule has 0 aliphatic heterocycles. The molecule has 116 valence electrons. The van der Waals surface area contributed by atoms with E-state index in [0.717, 1.165) is 5.56 Å². The Hall–Kier alpha value is -2.18. The van der Waals surface area contributed by atoms with Gasteiger partial charge >= 0.3 is 5.97 Å². The zero-order valence-corrected chi connectivity index (χ0v) is 13.0. The Morgan fingerprint density at radius 1 is 1.50 bits per heavy atom. The molecule has 2 rings (SSSR count). The lowest BCUT2D eigenvalue weighted by molar-refractivity contribution is 0.0526. The largest absolute Gasteiger partial charge is 0.462 e. The summed E-state index contributed by atoms with van der Waals surface area (Å²) in [6, 6.07) is 7.14. The van der Waals surface area contributed by atoms with Gasteiger partial charge in [0.05, 0.1) is 12.7 Å². The van der Waals surface area contributed by atoms with Crippen molar-refractivity contribution in [3.8, 4) is 0 Å². The van der Waals surface area contributed by atoms with Crippen LogP contribution in [0.4, 0.5) is 11.5 Å². The molecule has 0 amide bonds. The number of aromatic nitrogens is 2. The van der Waals surface area contributed by atoms with Gasteiger partial charge in [-0.05, 0) is 43.1 Å². The van der Waals surface area contributed by atoms with Crippen LogP contribution < -0.4 is 5.32 Å². The summed E-state index contributed by atoms with van der Waals surface area (Å²) in [4.78, 5) is 19.7. The molecule has 2 N–H and O–H groups in total. The topological polar surface area (TPSA) is 84.3 Å². The number of hydrogen-bond acceptors (Lipinski definition) is 6. The van der Waals surface area contributed by atoms with E-state index >= 15 is 0 Å². The Labute approximate surface area is 133 Å². The van der Waals surface area contributed by atoms with E-state index in [-0.39, 0.29) is 23.3 Å². The van der Waals surface area contributed by atoms with Crippen molar-refractivity contribution in [3.05, 3.63) is 46.9 Å². The van der Waals surface area contributed by atoms with E-state index in [1.54, 1.807) is 38.1 Å². The standard InChI is InChI=1S/C15H16ClN3O3/c1-3-22-14(21)12-8-17-15(16)19-13(12)18-11-6-4-5-10(7-11)9(2)20/h4-9,20H,3H2,1-2H3,(H,17,18,19). The van der Waals surface area contributed by atoms with E-state index in [9.17, 15) is 9.90 Å². The lowest BCUT2D eigenvalue weighted by Gasteiger charge is -2.12. The number of nitrogens with zero attached hydrogens (tertiary/aromatic N) is 2. The molecule has 1 unspecified atom stereocenters. The van der Waals surface area contributed by atoms with Crippen LogP contribution in [0, 0.1) is 0 Å². The first kappa shape index (κ1) is 16.2. The minimum absolute atomic E-state index is 0.0160. The first-order valence-electron chi connectivity index (χ1n) is 6.76. The molecule has 1 aromatic carbocycles. The highest BCUT2D eigenvalue weighted by molar-refractivity contribution is 6.28. The number of rotatable bonds is 5. The zero-order valence-electron chi connectivity index (χ0n) is 12.2. The molecule has 0 radical (unpaired) electrons. The predicted molar refractivity (Wildman–Crippen MR) is 83.4 cm³/mol. The molecule has 1 heterocycles. The third kappa shape index (κ3) is 3.93. The molecule has 1 aromatic heterocycles. The van der Waals surface area contributed by atoms with Crippen LogP contribution in [0.5, 0.6) is 0 Å². The number of aliphatic hydroxyl groups excluding tert-OH is 1. The van der Waals surface area contributed by atoms with Gasteiger partial charge in [0, 0.05) is 11.9 Å². The number of ether oxygens (including phenoxy) is 1. The van der Waals surface area contributed by atoms with Gasteiger partial charge in [0.2, 0.25) is 5.28 Å². The van der Waals surface area contributed by atoms with Crippen molar-refractivity contribution in [2.45, 2.75) is 20.0 Å². The number of esters is 1. The van der Waals surface area contributed by atoms with Gasteiger partial charge in [-0.15, -0.1) is 0 Å². The maximum absolute atomic E-state index is 11.9. The van der Waals surface area contributed by atoms with Crippen molar-refractivity contribution < 1.29 is 14.6 Å². The van der Waals surface area contributed by atoms with E-state index in [1.165, 1.54) is 6.20 Å². The van der Waals surface area contributed by atoms with Crippen molar-refractivity contribution in [2.75, 3.05) is 11.9 Å². The van der Waals surface area contributed by atoms with Gasteiger partial charge in [-0.2, -0.15) is 4.98 Å². The van der Waals surface area contributed by atoms with Gasteiger partial charge in [-0.3, -0.25) is 0 Å². The molecule has 0 spiro atoms. The summed E-state index contributed by atoms with van der Waals surface area (Å²) >= 11 is 5.79. The number of carbonyl (C=O) groups is 1. The van der Waals surface area contributed by atoms with Crippen LogP contribution in [0.3, 0.4) is 0 Å². The summed E-state index contributed by atoms with van der Waals surface area (Å²) < 4.78 is 4.97. The Bertz CT molecular complexity index is 677. The molecule has 22 heavy (non-hydrogen) atoms. The van der Waals surface area contributed by atoms with Crippen LogP contribution in [0.15, 0.2) is 30.5 Å². The first-order valence-corrected chi connectivity index (χ1v) is 7.13. The second kappa shape index (κ2) is 7.20. The molecule has 7 heteroatoms. The van der Waals surface area contributed by atoms with E-state index < -0.39 is 12.1 Å². The maximum Gasteiger partial charge on any atom is 0.343 e. The van der Waals surface area contributed by atoms with E-state index in [4.69, 9.17) is 16.3 Å². The summed E-state index contributed by atoms with van der Waals surface area (Å²) in [5.74, 6) is -0.283. The fraction of sp³-hybridized carbons (Fsp3) is 0.267. The van der Waals surface area contributed by atoms with Gasteiger partial charge in [-0.25, -0.2) is 9.78 Å². The van der Waals surface area contributed by atoms with Gasteiger partial charge < -0.3 is 15.2 Å². The molecule has 6 nitrogen and oxygen atoms in total. The molecule has 0 saturated carbocycles. The van der Waals surface area contributed by atoms with Crippen LogP contribution in [0.25, 0.3) is 0 Å². The number of hydrogen-bond donors (Lipinski definition) is 2. The number of aliphatic hydroxyl groups is 1. The highest BCUT2D eigenvalue weighted by Crippen LogP contribution is 2.23. The molecule has 0 saturated heterocycles. The average molecular weight is 322 g/mol. The van der Waals surface area contributed by atoms with Crippen molar-refractivity contribution in [1.82, 2.24) is 9.97 Å². The summed E-state index contributed by atoms with van der Waals surface area (Å²) in [6.45, 7) is 3.64. The van der Waals surface area contributed by atoms with Crippen molar-refractivity contribution in [3.63, 3.8) is 0 Å².